The fraction of sp³-hybridized carbons (Fsp3) is 0.368. The third kappa shape index (κ3) is 4.81. The Labute approximate surface area is 145 Å². The minimum absolute atomic E-state index is 0.0599. The molecule has 0 spiro atoms. The Morgan fingerprint density at radius 1 is 1.12 bits per heavy atom. The van der Waals surface area contributed by atoms with Gasteiger partial charge in [0.1, 0.15) is 0 Å². The van der Waals surface area contributed by atoms with Gasteiger partial charge in [0.2, 0.25) is 5.91 Å². The van der Waals surface area contributed by atoms with Crippen molar-refractivity contribution in [2.24, 2.45) is 5.73 Å². The van der Waals surface area contributed by atoms with Crippen LogP contribution < -0.4 is 5.73 Å². The van der Waals surface area contributed by atoms with Crippen LogP contribution in [0.25, 0.3) is 0 Å². The van der Waals surface area contributed by atoms with Crippen LogP contribution in [-0.4, -0.2) is 10.9 Å². The summed E-state index contributed by atoms with van der Waals surface area (Å²) >= 11 is 0. The van der Waals surface area contributed by atoms with E-state index in [1.165, 1.54) is 12.1 Å². The number of carbonyl (C=O) groups excluding carboxylic acids is 1. The lowest BCUT2D eigenvalue weighted by Gasteiger charge is -2.19. The molecule has 0 aliphatic carbocycles. The zero-order valence-electron chi connectivity index (χ0n) is 14.4. The minimum atomic E-state index is -4.47. The third-order valence-electron chi connectivity index (χ3n) is 4.06. The Bertz CT molecular complexity index is 746. The number of benzene rings is 1. The number of primary amides is 1. The van der Waals surface area contributed by atoms with Crippen LogP contribution in [-0.2, 0) is 22.8 Å². The molecule has 1 heterocycles. The third-order valence-corrected chi connectivity index (χ3v) is 4.06. The van der Waals surface area contributed by atoms with Gasteiger partial charge in [-0.05, 0) is 28.7 Å². The molecule has 2 aromatic rings. The van der Waals surface area contributed by atoms with Crippen LogP contribution in [0.3, 0.4) is 0 Å². The fourth-order valence-corrected chi connectivity index (χ4v) is 2.51. The maximum atomic E-state index is 12.9. The number of halogens is 3. The van der Waals surface area contributed by atoms with Gasteiger partial charge in [0.05, 0.1) is 11.5 Å². The first-order valence-corrected chi connectivity index (χ1v) is 7.90. The number of carbonyl (C=O) groups is 1. The molecule has 2 N–H and O–H groups in total. The highest BCUT2D eigenvalue weighted by molar-refractivity contribution is 5.82. The van der Waals surface area contributed by atoms with Crippen LogP contribution in [0.5, 0.6) is 0 Å². The second-order valence-corrected chi connectivity index (χ2v) is 7.07. The molecule has 1 amide bonds. The lowest BCUT2D eigenvalue weighted by molar-refractivity contribution is -0.137. The van der Waals surface area contributed by atoms with Crippen LogP contribution in [0.4, 0.5) is 13.2 Å². The molecule has 3 nitrogen and oxygen atoms in total. The summed E-state index contributed by atoms with van der Waals surface area (Å²) in [5.74, 6) is -1.55. The number of hydrogen-bond donors (Lipinski definition) is 1. The second kappa shape index (κ2) is 6.86. The van der Waals surface area contributed by atoms with E-state index in [9.17, 15) is 18.0 Å². The average Bonchev–Trinajstić information content (AvgIpc) is 2.51. The smallest absolute Gasteiger partial charge is 0.369 e. The number of rotatable bonds is 4. The van der Waals surface area contributed by atoms with Crippen molar-refractivity contribution in [2.45, 2.75) is 44.7 Å². The standard InChI is InChI=1S/C19H21F3N2O/c1-18(2,3)14-7-8-15(24-11-14)10-16(17(23)25)12-5-4-6-13(9-12)19(20,21)22/h4-9,11,16H,10H2,1-3H3,(H2,23,25). The van der Waals surface area contributed by atoms with Gasteiger partial charge in [-0.3, -0.25) is 9.78 Å². The van der Waals surface area contributed by atoms with Gasteiger partial charge in [0.15, 0.2) is 0 Å². The minimum Gasteiger partial charge on any atom is -0.369 e. The van der Waals surface area contributed by atoms with Gasteiger partial charge < -0.3 is 5.73 Å². The Balaban J connectivity index is 2.29. The highest BCUT2D eigenvalue weighted by Crippen LogP contribution is 2.32. The van der Waals surface area contributed by atoms with Crippen molar-refractivity contribution < 1.29 is 18.0 Å². The van der Waals surface area contributed by atoms with Gasteiger partial charge in [-0.2, -0.15) is 13.2 Å². The van der Waals surface area contributed by atoms with Crippen molar-refractivity contribution in [3.05, 3.63) is 65.0 Å². The summed E-state index contributed by atoms with van der Waals surface area (Å²) in [7, 11) is 0. The lowest BCUT2D eigenvalue weighted by Crippen LogP contribution is -2.24. The zero-order valence-corrected chi connectivity index (χ0v) is 14.4. The highest BCUT2D eigenvalue weighted by Gasteiger charge is 2.31. The van der Waals surface area contributed by atoms with Crippen molar-refractivity contribution in [2.75, 3.05) is 0 Å². The molecule has 0 fully saturated rings. The first kappa shape index (κ1) is 19.0. The van der Waals surface area contributed by atoms with E-state index >= 15 is 0 Å². The molecule has 6 heteroatoms. The van der Waals surface area contributed by atoms with Crippen molar-refractivity contribution in [1.29, 1.82) is 0 Å². The molecule has 0 saturated heterocycles. The number of aromatic nitrogens is 1. The van der Waals surface area contributed by atoms with E-state index in [1.807, 2.05) is 6.07 Å². The summed E-state index contributed by atoms with van der Waals surface area (Å²) < 4.78 is 38.7. The highest BCUT2D eigenvalue weighted by atomic mass is 19.4. The van der Waals surface area contributed by atoms with Gasteiger partial charge in [0, 0.05) is 18.3 Å². The number of alkyl halides is 3. The van der Waals surface area contributed by atoms with E-state index in [0.29, 0.717) is 5.69 Å². The summed E-state index contributed by atoms with van der Waals surface area (Å²) in [5.41, 5.74) is 6.45. The van der Waals surface area contributed by atoms with E-state index in [2.05, 4.69) is 25.8 Å². The SMILES string of the molecule is CC(C)(C)c1ccc(CC(C(N)=O)c2cccc(C(F)(F)F)c2)nc1. The van der Waals surface area contributed by atoms with E-state index < -0.39 is 23.6 Å². The van der Waals surface area contributed by atoms with Crippen LogP contribution in [0.15, 0.2) is 42.6 Å². The average molecular weight is 350 g/mol. The van der Waals surface area contributed by atoms with Crippen LogP contribution >= 0.6 is 0 Å². The zero-order chi connectivity index (χ0) is 18.8. The molecule has 0 aliphatic heterocycles. The maximum Gasteiger partial charge on any atom is 0.416 e. The summed E-state index contributed by atoms with van der Waals surface area (Å²) in [5, 5.41) is 0. The van der Waals surface area contributed by atoms with Gasteiger partial charge in [-0.1, -0.05) is 45.0 Å². The predicted octanol–water partition coefficient (Wildman–Crippen LogP) is 4.21. The molecular weight excluding hydrogens is 329 g/mol. The fourth-order valence-electron chi connectivity index (χ4n) is 2.51. The molecule has 0 saturated carbocycles. The predicted molar refractivity (Wildman–Crippen MR) is 90.0 cm³/mol. The summed E-state index contributed by atoms with van der Waals surface area (Å²) in [6.07, 6.45) is -2.59. The van der Waals surface area contributed by atoms with E-state index in [4.69, 9.17) is 5.73 Å². The quantitative estimate of drug-likeness (QED) is 0.898. The largest absolute Gasteiger partial charge is 0.416 e. The topological polar surface area (TPSA) is 56.0 Å². The number of pyridine rings is 1. The first-order chi connectivity index (χ1) is 11.5. The number of hydrogen-bond acceptors (Lipinski definition) is 2. The molecule has 134 valence electrons. The number of amides is 1. The van der Waals surface area contributed by atoms with Crippen molar-refractivity contribution >= 4 is 5.91 Å². The normalized spacial score (nSPS) is 13.5. The van der Waals surface area contributed by atoms with Crippen molar-refractivity contribution in [3.63, 3.8) is 0 Å². The monoisotopic (exact) mass is 350 g/mol. The van der Waals surface area contributed by atoms with Crippen LogP contribution in [0.1, 0.15) is 49.1 Å². The summed E-state index contributed by atoms with van der Waals surface area (Å²) in [6.45, 7) is 6.16. The maximum absolute atomic E-state index is 12.9. The van der Waals surface area contributed by atoms with Crippen molar-refractivity contribution in [1.82, 2.24) is 4.98 Å². The molecular formula is C19H21F3N2O. The molecule has 1 unspecified atom stereocenters. The molecule has 0 bridgehead atoms. The van der Waals surface area contributed by atoms with E-state index in [0.717, 1.165) is 17.7 Å². The number of nitrogens with two attached hydrogens (primary N) is 1. The Hall–Kier alpha value is -2.37. The molecule has 0 radical (unpaired) electrons. The Morgan fingerprint density at radius 3 is 2.28 bits per heavy atom. The first-order valence-electron chi connectivity index (χ1n) is 7.90. The van der Waals surface area contributed by atoms with E-state index in [1.54, 1.807) is 12.3 Å². The molecule has 1 aromatic heterocycles. The Morgan fingerprint density at radius 2 is 1.80 bits per heavy atom. The van der Waals surface area contributed by atoms with Crippen molar-refractivity contribution in [3.8, 4) is 0 Å². The molecule has 1 atom stereocenters. The molecule has 0 aliphatic rings. The van der Waals surface area contributed by atoms with Crippen LogP contribution in [0.2, 0.25) is 0 Å². The van der Waals surface area contributed by atoms with E-state index in [-0.39, 0.29) is 17.4 Å². The summed E-state index contributed by atoms with van der Waals surface area (Å²) in [4.78, 5) is 16.1. The van der Waals surface area contributed by atoms with Crippen LogP contribution in [0, 0.1) is 0 Å². The second-order valence-electron chi connectivity index (χ2n) is 7.07. The van der Waals surface area contributed by atoms with Gasteiger partial charge >= 0.3 is 6.18 Å². The Kier molecular flexibility index (Phi) is 5.20. The van der Waals surface area contributed by atoms with Gasteiger partial charge in [-0.15, -0.1) is 0 Å². The molecule has 2 rings (SSSR count). The summed E-state index contributed by atoms with van der Waals surface area (Å²) in [6, 6.07) is 8.39. The van der Waals surface area contributed by atoms with Gasteiger partial charge in [-0.25, -0.2) is 0 Å². The molecule has 25 heavy (non-hydrogen) atoms. The van der Waals surface area contributed by atoms with Gasteiger partial charge in [0.25, 0.3) is 0 Å². The lowest BCUT2D eigenvalue weighted by atomic mass is 9.87. The number of nitrogens with zero attached hydrogens (tertiary/aromatic N) is 1. The molecule has 1 aromatic carbocycles.